The minimum absolute atomic E-state index is 0.0461. The molecule has 0 saturated heterocycles. The summed E-state index contributed by atoms with van der Waals surface area (Å²) in [7, 11) is 0. The van der Waals surface area contributed by atoms with Crippen molar-refractivity contribution in [1.29, 1.82) is 10.5 Å². The predicted octanol–water partition coefficient (Wildman–Crippen LogP) is 5.04. The van der Waals surface area contributed by atoms with Gasteiger partial charge in [-0.3, -0.25) is 4.79 Å². The molecule has 0 radical (unpaired) electrons. The van der Waals surface area contributed by atoms with E-state index in [1.54, 1.807) is 6.07 Å². The van der Waals surface area contributed by atoms with Crippen LogP contribution >= 0.6 is 0 Å². The van der Waals surface area contributed by atoms with Gasteiger partial charge in [-0.1, -0.05) is 24.3 Å². The van der Waals surface area contributed by atoms with Gasteiger partial charge in [-0.2, -0.15) is 10.5 Å². The molecule has 3 aromatic rings. The van der Waals surface area contributed by atoms with Gasteiger partial charge in [-0.25, -0.2) is 0 Å². The maximum absolute atomic E-state index is 11.1. The first-order chi connectivity index (χ1) is 16.6. The second-order valence-electron chi connectivity index (χ2n) is 8.71. The van der Waals surface area contributed by atoms with Gasteiger partial charge in [-0.05, 0) is 65.8 Å². The quantitative estimate of drug-likeness (QED) is 0.564. The number of aliphatic carboxylic acids is 1. The minimum Gasteiger partial charge on any atom is -0.492 e. The van der Waals surface area contributed by atoms with Gasteiger partial charge in [0, 0.05) is 17.5 Å². The van der Waals surface area contributed by atoms with Crippen molar-refractivity contribution in [2.75, 3.05) is 6.61 Å². The van der Waals surface area contributed by atoms with Gasteiger partial charge >= 0.3 is 5.97 Å². The highest BCUT2D eigenvalue weighted by Gasteiger charge is 2.30. The summed E-state index contributed by atoms with van der Waals surface area (Å²) in [6, 6.07) is 21.4. The van der Waals surface area contributed by atoms with E-state index >= 15 is 0 Å². The van der Waals surface area contributed by atoms with Crippen molar-refractivity contribution < 1.29 is 19.4 Å². The van der Waals surface area contributed by atoms with E-state index in [0.29, 0.717) is 35.7 Å². The Bertz CT molecular complexity index is 1370. The number of nitrogens with zero attached hydrogens (tertiary/aromatic N) is 2. The molecule has 5 rings (SSSR count). The number of carboxylic acids is 1. The number of carbonyl (C=O) groups is 1. The number of fused-ring (bicyclic) bond motifs is 2. The van der Waals surface area contributed by atoms with Crippen LogP contribution in [0.15, 0.2) is 54.6 Å². The monoisotopic (exact) mass is 450 g/mol. The van der Waals surface area contributed by atoms with Crippen LogP contribution in [0.3, 0.4) is 0 Å². The van der Waals surface area contributed by atoms with Crippen molar-refractivity contribution in [2.45, 2.75) is 37.7 Å². The standard InChI is InChI=1S/C28H22N2O4/c29-14-18-3-1-2-17(10-18)11-25-19(15-30)4-6-24-23(25)8-9-26(24)34-21-5-7-22-20(12-28(31)32)16-33-27(22)13-21/h1-7,10,13,20,26H,8-9,11-12,16H2,(H,31,32)/t20-,26-/m1/s1. The molecule has 34 heavy (non-hydrogen) atoms. The summed E-state index contributed by atoms with van der Waals surface area (Å²) in [5.74, 6) is 0.386. The number of carboxylic acid groups (broad SMARTS) is 1. The first kappa shape index (κ1) is 21.6. The number of ether oxygens (including phenoxy) is 2. The average molecular weight is 450 g/mol. The zero-order valence-corrected chi connectivity index (χ0v) is 18.5. The van der Waals surface area contributed by atoms with E-state index < -0.39 is 5.97 Å². The first-order valence-electron chi connectivity index (χ1n) is 11.2. The largest absolute Gasteiger partial charge is 0.492 e. The molecule has 0 saturated carbocycles. The van der Waals surface area contributed by atoms with Gasteiger partial charge in [0.2, 0.25) is 0 Å². The molecule has 2 aliphatic rings. The molecule has 168 valence electrons. The summed E-state index contributed by atoms with van der Waals surface area (Å²) < 4.78 is 12.1. The molecule has 0 aromatic heterocycles. The molecule has 1 heterocycles. The zero-order valence-electron chi connectivity index (χ0n) is 18.5. The van der Waals surface area contributed by atoms with Crippen molar-refractivity contribution in [1.82, 2.24) is 0 Å². The lowest BCUT2D eigenvalue weighted by atomic mass is 9.92. The highest BCUT2D eigenvalue weighted by atomic mass is 16.5. The predicted molar refractivity (Wildman–Crippen MR) is 124 cm³/mol. The van der Waals surface area contributed by atoms with E-state index in [4.69, 9.17) is 14.6 Å². The fraction of sp³-hybridized carbons (Fsp3) is 0.250. The van der Waals surface area contributed by atoms with Crippen molar-refractivity contribution in [2.24, 2.45) is 0 Å². The van der Waals surface area contributed by atoms with Gasteiger partial charge in [-0.15, -0.1) is 0 Å². The fourth-order valence-electron chi connectivity index (χ4n) is 5.00. The maximum atomic E-state index is 11.1. The highest BCUT2D eigenvalue weighted by Crippen LogP contribution is 2.42. The Morgan fingerprint density at radius 3 is 2.74 bits per heavy atom. The van der Waals surface area contributed by atoms with E-state index in [0.717, 1.165) is 40.7 Å². The van der Waals surface area contributed by atoms with Gasteiger partial charge in [0.1, 0.15) is 17.6 Å². The van der Waals surface area contributed by atoms with E-state index in [9.17, 15) is 15.3 Å². The number of nitriles is 2. The molecular weight excluding hydrogens is 428 g/mol. The van der Waals surface area contributed by atoms with E-state index in [2.05, 4.69) is 12.1 Å². The van der Waals surface area contributed by atoms with Crippen LogP contribution in [0.2, 0.25) is 0 Å². The Balaban J connectivity index is 1.40. The fourth-order valence-corrected chi connectivity index (χ4v) is 5.00. The third-order valence-corrected chi connectivity index (χ3v) is 6.59. The Kier molecular flexibility index (Phi) is 5.65. The summed E-state index contributed by atoms with van der Waals surface area (Å²) in [6.07, 6.45) is 2.11. The average Bonchev–Trinajstić information content (AvgIpc) is 3.43. The van der Waals surface area contributed by atoms with Crippen molar-refractivity contribution in [3.8, 4) is 23.6 Å². The summed E-state index contributed by atoms with van der Waals surface area (Å²) in [6.45, 7) is 0.366. The summed E-state index contributed by atoms with van der Waals surface area (Å²) in [4.78, 5) is 11.1. The van der Waals surface area contributed by atoms with Crippen LogP contribution in [0.25, 0.3) is 0 Å². The van der Waals surface area contributed by atoms with Crippen molar-refractivity contribution >= 4 is 5.97 Å². The van der Waals surface area contributed by atoms with Crippen LogP contribution in [0, 0.1) is 22.7 Å². The Morgan fingerprint density at radius 2 is 1.94 bits per heavy atom. The molecule has 1 N–H and O–H groups in total. The molecule has 0 unspecified atom stereocenters. The van der Waals surface area contributed by atoms with Crippen LogP contribution in [-0.4, -0.2) is 17.7 Å². The number of hydrogen-bond acceptors (Lipinski definition) is 5. The number of benzene rings is 3. The molecule has 0 amide bonds. The zero-order chi connectivity index (χ0) is 23.7. The Labute approximate surface area is 197 Å². The third-order valence-electron chi connectivity index (χ3n) is 6.59. The van der Waals surface area contributed by atoms with Gasteiger partial charge in [0.15, 0.2) is 0 Å². The lowest BCUT2D eigenvalue weighted by Crippen LogP contribution is -2.07. The lowest BCUT2D eigenvalue weighted by Gasteiger charge is -2.17. The van der Waals surface area contributed by atoms with Gasteiger partial charge < -0.3 is 14.6 Å². The lowest BCUT2D eigenvalue weighted by molar-refractivity contribution is -0.137. The number of rotatable bonds is 6. The molecule has 0 spiro atoms. The summed E-state index contributed by atoms with van der Waals surface area (Å²) >= 11 is 0. The maximum Gasteiger partial charge on any atom is 0.304 e. The molecule has 6 heteroatoms. The third kappa shape index (κ3) is 4.07. The molecule has 1 aliphatic heterocycles. The van der Waals surface area contributed by atoms with E-state index in [-0.39, 0.29) is 18.4 Å². The van der Waals surface area contributed by atoms with Crippen LogP contribution in [0.5, 0.6) is 11.5 Å². The molecule has 0 bridgehead atoms. The summed E-state index contributed by atoms with van der Waals surface area (Å²) in [5.41, 5.74) is 6.38. The second kappa shape index (κ2) is 8.92. The first-order valence-corrected chi connectivity index (χ1v) is 11.2. The normalized spacial score (nSPS) is 17.7. The molecule has 0 fully saturated rings. The van der Waals surface area contributed by atoms with Crippen LogP contribution < -0.4 is 9.47 Å². The molecule has 1 aliphatic carbocycles. The van der Waals surface area contributed by atoms with Crippen molar-refractivity contribution in [3.05, 3.63) is 93.5 Å². The SMILES string of the molecule is N#Cc1cccc(Cc2c(C#N)ccc3c2CC[C@H]3Oc2ccc3c(c2)OC[C@H]3CC(=O)O)c1. The van der Waals surface area contributed by atoms with Crippen LogP contribution in [0.1, 0.15) is 63.8 Å². The topological polar surface area (TPSA) is 103 Å². The van der Waals surface area contributed by atoms with Crippen LogP contribution in [-0.2, 0) is 17.6 Å². The number of hydrogen-bond donors (Lipinski definition) is 1. The molecular formula is C28H22N2O4. The second-order valence-corrected chi connectivity index (χ2v) is 8.71. The molecule has 3 aromatic carbocycles. The smallest absolute Gasteiger partial charge is 0.304 e. The Hall–Kier alpha value is -4.29. The van der Waals surface area contributed by atoms with E-state index in [1.807, 2.05) is 48.5 Å². The molecule has 2 atom stereocenters. The highest BCUT2D eigenvalue weighted by molar-refractivity contribution is 5.69. The van der Waals surface area contributed by atoms with Crippen molar-refractivity contribution in [3.63, 3.8) is 0 Å². The van der Waals surface area contributed by atoms with E-state index in [1.165, 1.54) is 0 Å². The molecule has 6 nitrogen and oxygen atoms in total. The van der Waals surface area contributed by atoms with Gasteiger partial charge in [0.05, 0.1) is 36.3 Å². The Morgan fingerprint density at radius 1 is 1.09 bits per heavy atom. The minimum atomic E-state index is -0.837. The van der Waals surface area contributed by atoms with Crippen LogP contribution in [0.4, 0.5) is 0 Å². The summed E-state index contributed by atoms with van der Waals surface area (Å²) in [5, 5.41) is 28.0. The van der Waals surface area contributed by atoms with Gasteiger partial charge in [0.25, 0.3) is 0 Å².